The van der Waals surface area contributed by atoms with Gasteiger partial charge in [0.15, 0.2) is 0 Å². The zero-order valence-electron chi connectivity index (χ0n) is 10.6. The van der Waals surface area contributed by atoms with Gasteiger partial charge in [-0.3, -0.25) is 4.90 Å². The van der Waals surface area contributed by atoms with Crippen molar-refractivity contribution in [3.63, 3.8) is 0 Å². The lowest BCUT2D eigenvalue weighted by Gasteiger charge is -2.54. The highest BCUT2D eigenvalue weighted by atomic mass is 15.3. The molecule has 86 valence electrons. The summed E-state index contributed by atoms with van der Waals surface area (Å²) in [6, 6.07) is 0.950. The molecule has 1 saturated carbocycles. The van der Waals surface area contributed by atoms with Crippen LogP contribution in [0.3, 0.4) is 0 Å². The summed E-state index contributed by atoms with van der Waals surface area (Å²) < 4.78 is 0. The average Bonchev–Trinajstić information content (AvgIpc) is 2.71. The van der Waals surface area contributed by atoms with Crippen molar-refractivity contribution in [3.8, 4) is 0 Å². The summed E-state index contributed by atoms with van der Waals surface area (Å²) in [5.74, 6) is 1.06. The number of nitrogens with zero attached hydrogens (tertiary/aromatic N) is 1. The minimum absolute atomic E-state index is 0.477. The van der Waals surface area contributed by atoms with Gasteiger partial charge in [0.1, 0.15) is 0 Å². The number of hydrogen-bond acceptors (Lipinski definition) is 1. The van der Waals surface area contributed by atoms with Crippen molar-refractivity contribution in [1.29, 1.82) is 0 Å². The van der Waals surface area contributed by atoms with Gasteiger partial charge in [0.2, 0.25) is 0 Å². The van der Waals surface area contributed by atoms with E-state index in [0.717, 1.165) is 12.0 Å². The Labute approximate surface area is 94.2 Å². The quantitative estimate of drug-likeness (QED) is 0.588. The topological polar surface area (TPSA) is 3.24 Å². The normalized spacial score (nSPS) is 45.8. The maximum absolute atomic E-state index is 2.91. The summed E-state index contributed by atoms with van der Waals surface area (Å²) in [5, 5.41) is 0. The predicted octanol–water partition coefficient (Wildman–Crippen LogP) is 3.44. The van der Waals surface area contributed by atoms with Gasteiger partial charge < -0.3 is 0 Å². The lowest BCUT2D eigenvalue weighted by Crippen LogP contribution is -2.59. The van der Waals surface area contributed by atoms with Gasteiger partial charge >= 0.3 is 0 Å². The molecule has 0 radical (unpaired) electrons. The van der Waals surface area contributed by atoms with Crippen LogP contribution >= 0.6 is 0 Å². The van der Waals surface area contributed by atoms with Crippen LogP contribution in [-0.2, 0) is 0 Å². The molecule has 3 atom stereocenters. The van der Waals surface area contributed by atoms with Crippen molar-refractivity contribution in [3.05, 3.63) is 0 Å². The zero-order chi connectivity index (χ0) is 10.7. The fourth-order valence-electron chi connectivity index (χ4n) is 4.76. The van der Waals surface area contributed by atoms with Crippen molar-refractivity contribution in [1.82, 2.24) is 4.90 Å². The summed E-state index contributed by atoms with van der Waals surface area (Å²) in [6.07, 6.45) is 8.91. The second-order valence-electron chi connectivity index (χ2n) is 7.12. The van der Waals surface area contributed by atoms with Gasteiger partial charge in [-0.2, -0.15) is 0 Å². The Bertz CT molecular complexity index is 265. The molecule has 1 nitrogen and oxygen atoms in total. The number of piperidine rings is 1. The van der Waals surface area contributed by atoms with Crippen molar-refractivity contribution in [2.24, 2.45) is 11.3 Å². The van der Waals surface area contributed by atoms with E-state index in [1.54, 1.807) is 0 Å². The highest BCUT2D eigenvalue weighted by Gasteiger charge is 2.56. The Kier molecular flexibility index (Phi) is 2.03. The molecule has 2 aliphatic heterocycles. The average molecular weight is 207 g/mol. The summed E-state index contributed by atoms with van der Waals surface area (Å²) >= 11 is 0. The first-order valence-corrected chi connectivity index (χ1v) is 6.80. The maximum Gasteiger partial charge on any atom is 0.0263 e. The second kappa shape index (κ2) is 3.00. The standard InChI is InChI=1S/C14H25N/c1-13(2,3)14-7-4-8-15(14)12-6-5-11(9-12)10-14/h11-12H,4-10H2,1-3H3. The molecule has 15 heavy (non-hydrogen) atoms. The van der Waals surface area contributed by atoms with Gasteiger partial charge in [-0.15, -0.1) is 0 Å². The highest BCUT2D eigenvalue weighted by Crippen LogP contribution is 2.56. The van der Waals surface area contributed by atoms with Crippen LogP contribution in [0.15, 0.2) is 0 Å². The first kappa shape index (κ1) is 10.1. The van der Waals surface area contributed by atoms with E-state index in [9.17, 15) is 0 Å². The molecule has 3 unspecified atom stereocenters. The van der Waals surface area contributed by atoms with Crippen LogP contribution in [0, 0.1) is 11.3 Å². The highest BCUT2D eigenvalue weighted by molar-refractivity contribution is 5.11. The Morgan fingerprint density at radius 1 is 1.20 bits per heavy atom. The summed E-state index contributed by atoms with van der Waals surface area (Å²) in [4.78, 5) is 2.91. The van der Waals surface area contributed by atoms with E-state index in [-0.39, 0.29) is 0 Å². The van der Waals surface area contributed by atoms with Crippen molar-refractivity contribution >= 4 is 0 Å². The molecule has 3 rings (SSSR count). The smallest absolute Gasteiger partial charge is 0.0263 e. The zero-order valence-corrected chi connectivity index (χ0v) is 10.6. The molecular formula is C14H25N. The molecule has 0 aromatic heterocycles. The molecule has 0 amide bonds. The third kappa shape index (κ3) is 1.25. The fraction of sp³-hybridized carbons (Fsp3) is 1.00. The van der Waals surface area contributed by atoms with Gasteiger partial charge in [0.05, 0.1) is 0 Å². The first-order valence-electron chi connectivity index (χ1n) is 6.80. The Morgan fingerprint density at radius 3 is 2.73 bits per heavy atom. The van der Waals surface area contributed by atoms with E-state index in [4.69, 9.17) is 0 Å². The minimum atomic E-state index is 0.477. The molecule has 2 heterocycles. The van der Waals surface area contributed by atoms with Crippen LogP contribution in [0.25, 0.3) is 0 Å². The molecule has 0 aromatic carbocycles. The van der Waals surface area contributed by atoms with E-state index >= 15 is 0 Å². The van der Waals surface area contributed by atoms with Gasteiger partial charge in [0.25, 0.3) is 0 Å². The van der Waals surface area contributed by atoms with Gasteiger partial charge in [-0.05, 0) is 56.4 Å². The molecule has 1 heteroatoms. The maximum atomic E-state index is 2.91. The van der Waals surface area contributed by atoms with Crippen LogP contribution in [-0.4, -0.2) is 23.0 Å². The molecular weight excluding hydrogens is 182 g/mol. The largest absolute Gasteiger partial charge is 0.294 e. The molecule has 2 saturated heterocycles. The summed E-state index contributed by atoms with van der Waals surface area (Å²) in [6.45, 7) is 8.79. The third-order valence-electron chi connectivity index (χ3n) is 5.52. The molecule has 0 N–H and O–H groups in total. The van der Waals surface area contributed by atoms with E-state index in [1.807, 2.05) is 0 Å². The molecule has 3 fully saturated rings. The summed E-state index contributed by atoms with van der Waals surface area (Å²) in [5.41, 5.74) is 1.04. The monoisotopic (exact) mass is 207 g/mol. The summed E-state index contributed by atoms with van der Waals surface area (Å²) in [7, 11) is 0. The van der Waals surface area contributed by atoms with Crippen LogP contribution in [0.4, 0.5) is 0 Å². The lowest BCUT2D eigenvalue weighted by molar-refractivity contribution is -0.0396. The van der Waals surface area contributed by atoms with Crippen molar-refractivity contribution in [2.45, 2.75) is 70.9 Å². The molecule has 0 aromatic rings. The number of rotatable bonds is 0. The molecule has 0 spiro atoms. The number of fused-ring (bicyclic) bond motifs is 4. The lowest BCUT2D eigenvalue weighted by atomic mass is 9.65. The van der Waals surface area contributed by atoms with Crippen molar-refractivity contribution in [2.75, 3.05) is 6.54 Å². The predicted molar refractivity (Wildman–Crippen MR) is 63.9 cm³/mol. The van der Waals surface area contributed by atoms with E-state index in [0.29, 0.717) is 11.0 Å². The van der Waals surface area contributed by atoms with E-state index in [1.165, 1.54) is 45.1 Å². The Balaban J connectivity index is 1.99. The SMILES string of the molecule is CC(C)(C)C12CCCN1C1CCC(C1)C2. The van der Waals surface area contributed by atoms with Crippen molar-refractivity contribution < 1.29 is 0 Å². The van der Waals surface area contributed by atoms with Crippen LogP contribution in [0.1, 0.15) is 59.3 Å². The van der Waals surface area contributed by atoms with Crippen LogP contribution in [0.2, 0.25) is 0 Å². The van der Waals surface area contributed by atoms with Crippen LogP contribution in [0.5, 0.6) is 0 Å². The van der Waals surface area contributed by atoms with E-state index in [2.05, 4.69) is 25.7 Å². The number of hydrogen-bond donors (Lipinski definition) is 0. The minimum Gasteiger partial charge on any atom is -0.294 e. The Hall–Kier alpha value is -0.0400. The Morgan fingerprint density at radius 2 is 2.00 bits per heavy atom. The second-order valence-corrected chi connectivity index (χ2v) is 7.12. The van der Waals surface area contributed by atoms with E-state index < -0.39 is 0 Å². The van der Waals surface area contributed by atoms with Gasteiger partial charge in [-0.1, -0.05) is 20.8 Å². The first-order chi connectivity index (χ1) is 7.03. The third-order valence-corrected chi connectivity index (χ3v) is 5.52. The van der Waals surface area contributed by atoms with Crippen LogP contribution < -0.4 is 0 Å². The molecule has 2 bridgehead atoms. The fourth-order valence-corrected chi connectivity index (χ4v) is 4.76. The van der Waals surface area contributed by atoms with Gasteiger partial charge in [-0.25, -0.2) is 0 Å². The molecule has 3 aliphatic rings. The molecule has 1 aliphatic carbocycles. The van der Waals surface area contributed by atoms with Gasteiger partial charge in [0, 0.05) is 11.6 Å².